The summed E-state index contributed by atoms with van der Waals surface area (Å²) in [4.78, 5) is 13.4. The van der Waals surface area contributed by atoms with Gasteiger partial charge in [-0.15, -0.1) is 0 Å². The molecule has 1 amide bonds. The van der Waals surface area contributed by atoms with Crippen molar-refractivity contribution in [3.05, 3.63) is 35.6 Å². The Balaban J connectivity index is 2.08. The molecule has 3 rings (SSSR count). The number of carbonyl (C=O) groups excluding carboxylic acids is 1. The van der Waals surface area contributed by atoms with E-state index in [1.165, 1.54) is 11.3 Å². The van der Waals surface area contributed by atoms with Gasteiger partial charge in [0.25, 0.3) is 0 Å². The van der Waals surface area contributed by atoms with E-state index in [-0.39, 0.29) is 0 Å². The lowest BCUT2D eigenvalue weighted by atomic mass is 9.95. The van der Waals surface area contributed by atoms with Crippen molar-refractivity contribution in [1.82, 2.24) is 4.90 Å². The Bertz CT molecular complexity index is 362. The first-order valence-electron chi connectivity index (χ1n) is 4.74. The van der Waals surface area contributed by atoms with Crippen molar-refractivity contribution in [1.29, 1.82) is 0 Å². The number of fused-ring (bicyclic) bond motifs is 2. The highest BCUT2D eigenvalue weighted by Gasteiger charge is 2.36. The van der Waals surface area contributed by atoms with Crippen molar-refractivity contribution in [2.45, 2.75) is 12.8 Å². The molecule has 2 heterocycles. The first kappa shape index (κ1) is 7.13. The van der Waals surface area contributed by atoms with E-state index < -0.39 is 0 Å². The summed E-state index contributed by atoms with van der Waals surface area (Å²) >= 11 is 0. The van der Waals surface area contributed by atoms with E-state index in [9.17, 15) is 4.79 Å². The number of hydrogen-bond donors (Lipinski definition) is 0. The Hall–Kier alpha value is -1.31. The zero-order chi connectivity index (χ0) is 8.84. The molecular weight excluding hydrogens is 162 g/mol. The highest BCUT2D eigenvalue weighted by atomic mass is 16.2. The van der Waals surface area contributed by atoms with Crippen LogP contribution < -0.4 is 0 Å². The first-order valence-corrected chi connectivity index (χ1v) is 4.74. The van der Waals surface area contributed by atoms with Crippen LogP contribution in [0.4, 0.5) is 0 Å². The maximum Gasteiger partial charge on any atom is 0.227 e. The SMILES string of the molecule is O=C1CCC2=C3C=CC=CC3CN12. The zero-order valence-electron chi connectivity index (χ0n) is 7.36. The van der Waals surface area contributed by atoms with Crippen LogP contribution in [-0.4, -0.2) is 17.4 Å². The molecule has 1 fully saturated rings. The van der Waals surface area contributed by atoms with Gasteiger partial charge >= 0.3 is 0 Å². The van der Waals surface area contributed by atoms with Crippen molar-refractivity contribution in [3.8, 4) is 0 Å². The fourth-order valence-electron chi connectivity index (χ4n) is 2.41. The van der Waals surface area contributed by atoms with E-state index in [4.69, 9.17) is 0 Å². The molecule has 1 unspecified atom stereocenters. The minimum absolute atomic E-state index is 0.304. The fourth-order valence-corrected chi connectivity index (χ4v) is 2.41. The number of hydrogen-bond acceptors (Lipinski definition) is 1. The third kappa shape index (κ3) is 0.857. The number of carbonyl (C=O) groups is 1. The average molecular weight is 173 g/mol. The maximum atomic E-state index is 11.4. The number of amides is 1. The Morgan fingerprint density at radius 1 is 1.31 bits per heavy atom. The van der Waals surface area contributed by atoms with Crippen molar-refractivity contribution in [2.75, 3.05) is 6.54 Å². The van der Waals surface area contributed by atoms with Crippen LogP contribution in [0.1, 0.15) is 12.8 Å². The molecule has 0 spiro atoms. The largest absolute Gasteiger partial charge is 0.315 e. The highest BCUT2D eigenvalue weighted by molar-refractivity contribution is 5.83. The average Bonchev–Trinajstić information content (AvgIpc) is 2.67. The van der Waals surface area contributed by atoms with Crippen LogP contribution in [0.3, 0.4) is 0 Å². The zero-order valence-corrected chi connectivity index (χ0v) is 7.36. The van der Waals surface area contributed by atoms with Gasteiger partial charge in [-0.25, -0.2) is 0 Å². The van der Waals surface area contributed by atoms with Gasteiger partial charge in [0.05, 0.1) is 0 Å². The fraction of sp³-hybridized carbons (Fsp3) is 0.364. The lowest BCUT2D eigenvalue weighted by Crippen LogP contribution is -2.22. The summed E-state index contributed by atoms with van der Waals surface area (Å²) in [5, 5.41) is 0. The van der Waals surface area contributed by atoms with Crippen molar-refractivity contribution in [2.24, 2.45) is 5.92 Å². The van der Waals surface area contributed by atoms with E-state index >= 15 is 0 Å². The van der Waals surface area contributed by atoms with E-state index in [0.717, 1.165) is 13.0 Å². The monoisotopic (exact) mass is 173 g/mol. The molecule has 1 atom stereocenters. The Morgan fingerprint density at radius 3 is 3.15 bits per heavy atom. The van der Waals surface area contributed by atoms with Gasteiger partial charge in [-0.05, 0) is 12.0 Å². The molecule has 1 aliphatic carbocycles. The smallest absolute Gasteiger partial charge is 0.227 e. The normalized spacial score (nSPS) is 30.0. The van der Waals surface area contributed by atoms with E-state index in [2.05, 4.69) is 24.3 Å². The van der Waals surface area contributed by atoms with Crippen LogP contribution in [0, 0.1) is 5.92 Å². The predicted octanol–water partition coefficient (Wildman–Crippen LogP) is 1.62. The number of rotatable bonds is 0. The second-order valence-corrected chi connectivity index (χ2v) is 3.76. The summed E-state index contributed by atoms with van der Waals surface area (Å²) in [7, 11) is 0. The molecular formula is C11H11NO. The van der Waals surface area contributed by atoms with Gasteiger partial charge in [0.2, 0.25) is 5.91 Å². The highest BCUT2D eigenvalue weighted by Crippen LogP contribution is 2.38. The molecule has 2 nitrogen and oxygen atoms in total. The van der Waals surface area contributed by atoms with Crippen LogP contribution in [-0.2, 0) is 4.79 Å². The molecule has 0 aromatic heterocycles. The van der Waals surface area contributed by atoms with Gasteiger partial charge in [0.15, 0.2) is 0 Å². The van der Waals surface area contributed by atoms with Crippen LogP contribution in [0.2, 0.25) is 0 Å². The van der Waals surface area contributed by atoms with Gasteiger partial charge in [0, 0.05) is 24.6 Å². The molecule has 0 N–H and O–H groups in total. The molecule has 1 saturated heterocycles. The molecule has 13 heavy (non-hydrogen) atoms. The summed E-state index contributed by atoms with van der Waals surface area (Å²) in [6.45, 7) is 0.879. The lowest BCUT2D eigenvalue weighted by Gasteiger charge is -2.12. The molecule has 3 aliphatic rings. The first-order chi connectivity index (χ1) is 6.36. The molecule has 0 aromatic rings. The molecule has 66 valence electrons. The quantitative estimate of drug-likeness (QED) is 0.545. The molecule has 0 saturated carbocycles. The second-order valence-electron chi connectivity index (χ2n) is 3.76. The van der Waals surface area contributed by atoms with Gasteiger partial charge in [-0.2, -0.15) is 0 Å². The van der Waals surface area contributed by atoms with Crippen LogP contribution in [0.25, 0.3) is 0 Å². The molecule has 0 bridgehead atoms. The van der Waals surface area contributed by atoms with Crippen LogP contribution in [0.5, 0.6) is 0 Å². The van der Waals surface area contributed by atoms with Crippen molar-refractivity contribution >= 4 is 5.91 Å². The molecule has 0 aromatic carbocycles. The van der Waals surface area contributed by atoms with E-state index in [1.54, 1.807) is 0 Å². The summed E-state index contributed by atoms with van der Waals surface area (Å²) in [6.07, 6.45) is 10.1. The Kier molecular flexibility index (Phi) is 1.29. The molecule has 2 heteroatoms. The topological polar surface area (TPSA) is 20.3 Å². The maximum absolute atomic E-state index is 11.4. The summed E-state index contributed by atoms with van der Waals surface area (Å²) < 4.78 is 0. The minimum atomic E-state index is 0.304. The van der Waals surface area contributed by atoms with E-state index in [1.807, 2.05) is 4.90 Å². The van der Waals surface area contributed by atoms with Crippen LogP contribution in [0.15, 0.2) is 35.6 Å². The second kappa shape index (κ2) is 2.34. The summed E-state index contributed by atoms with van der Waals surface area (Å²) in [5.41, 5.74) is 2.64. The third-order valence-electron chi connectivity index (χ3n) is 3.04. The van der Waals surface area contributed by atoms with Gasteiger partial charge < -0.3 is 4.90 Å². The minimum Gasteiger partial charge on any atom is -0.315 e. The van der Waals surface area contributed by atoms with Gasteiger partial charge in [-0.3, -0.25) is 4.79 Å². The van der Waals surface area contributed by atoms with E-state index in [0.29, 0.717) is 18.2 Å². The third-order valence-corrected chi connectivity index (χ3v) is 3.04. The Labute approximate surface area is 77.2 Å². The Morgan fingerprint density at radius 2 is 2.23 bits per heavy atom. The standard InChI is InChI=1S/C11H11NO/c13-11-6-5-10-9-4-2-1-3-8(9)7-12(10)11/h1-4,8H,5-7H2. The summed E-state index contributed by atoms with van der Waals surface area (Å²) in [5.74, 6) is 0.781. The van der Waals surface area contributed by atoms with Crippen LogP contribution >= 0.6 is 0 Å². The van der Waals surface area contributed by atoms with Gasteiger partial charge in [-0.1, -0.05) is 24.3 Å². The molecule has 0 radical (unpaired) electrons. The molecule has 2 aliphatic heterocycles. The number of allylic oxidation sites excluding steroid dienone is 4. The van der Waals surface area contributed by atoms with Crippen molar-refractivity contribution < 1.29 is 4.79 Å². The van der Waals surface area contributed by atoms with Gasteiger partial charge in [0.1, 0.15) is 0 Å². The predicted molar refractivity (Wildman–Crippen MR) is 49.7 cm³/mol. The van der Waals surface area contributed by atoms with Crippen molar-refractivity contribution in [3.63, 3.8) is 0 Å². The lowest BCUT2D eigenvalue weighted by molar-refractivity contribution is -0.126. The number of nitrogens with zero attached hydrogens (tertiary/aromatic N) is 1. The summed E-state index contributed by atoms with van der Waals surface area (Å²) in [6, 6.07) is 0.